The normalized spacial score (nSPS) is 10.2. The fraction of sp³-hybridized carbons (Fsp3) is 0.111. The number of halogens is 5. The molecule has 0 fully saturated rings. The van der Waals surface area contributed by atoms with Crippen LogP contribution in [0.4, 0.5) is 5.69 Å². The third-order valence-corrected chi connectivity index (χ3v) is 5.57. The van der Waals surface area contributed by atoms with Gasteiger partial charge in [-0.3, -0.25) is 9.59 Å². The zero-order chi connectivity index (χ0) is 13.3. The summed E-state index contributed by atoms with van der Waals surface area (Å²) in [4.78, 5) is 22.8. The van der Waals surface area contributed by atoms with Gasteiger partial charge < -0.3 is 5.32 Å². The molecule has 1 aromatic rings. The molecule has 92 valence electrons. The zero-order valence-electron chi connectivity index (χ0n) is 8.21. The van der Waals surface area contributed by atoms with E-state index in [2.05, 4.69) is 5.32 Å². The minimum Gasteiger partial charge on any atom is -0.386 e. The molecule has 0 aliphatic heterocycles. The fourth-order valence-electron chi connectivity index (χ4n) is 1.23. The molecule has 0 saturated heterocycles. The van der Waals surface area contributed by atoms with Gasteiger partial charge in [-0.25, -0.2) is 0 Å². The molecule has 0 spiro atoms. The van der Waals surface area contributed by atoms with Gasteiger partial charge in [0.2, 0.25) is 0 Å². The maximum absolute atomic E-state index is 11.4. The van der Waals surface area contributed by atoms with E-state index < -0.39 is 10.5 Å². The van der Waals surface area contributed by atoms with Gasteiger partial charge in [0.25, 0.3) is 10.5 Å². The molecule has 0 aliphatic carbocycles. The summed E-state index contributed by atoms with van der Waals surface area (Å²) in [7, 11) is 1.71. The highest BCUT2D eigenvalue weighted by Gasteiger charge is 2.25. The Morgan fingerprint density at radius 2 is 1.29 bits per heavy atom. The molecule has 1 rings (SSSR count). The van der Waals surface area contributed by atoms with Gasteiger partial charge in [0, 0.05) is 10.6 Å². The highest BCUT2D eigenvalue weighted by molar-refractivity contribution is 14.1. The summed E-state index contributed by atoms with van der Waals surface area (Å²) >= 11 is 17.0. The standard InChI is InChI=1S/C9H4Cl2I3NO2/c1-15-7-5(13)2(8(10)16)4(12)3(6(7)14)9(11)17/h15H,1H3. The molecule has 0 aromatic heterocycles. The van der Waals surface area contributed by atoms with Crippen molar-refractivity contribution in [3.8, 4) is 0 Å². The first-order chi connectivity index (χ1) is 7.82. The molecule has 0 unspecified atom stereocenters. The van der Waals surface area contributed by atoms with Crippen molar-refractivity contribution in [2.24, 2.45) is 0 Å². The van der Waals surface area contributed by atoms with Gasteiger partial charge in [-0.15, -0.1) is 0 Å². The summed E-state index contributed by atoms with van der Waals surface area (Å²) in [5.74, 6) is 0. The van der Waals surface area contributed by atoms with Gasteiger partial charge in [0.1, 0.15) is 0 Å². The second kappa shape index (κ2) is 6.53. The van der Waals surface area contributed by atoms with Crippen LogP contribution in [0.1, 0.15) is 20.7 Å². The van der Waals surface area contributed by atoms with Crippen LogP contribution in [-0.4, -0.2) is 17.5 Å². The van der Waals surface area contributed by atoms with Crippen LogP contribution in [-0.2, 0) is 0 Å². The first-order valence-corrected chi connectivity index (χ1v) is 8.10. The number of hydrogen-bond donors (Lipinski definition) is 1. The van der Waals surface area contributed by atoms with Crippen molar-refractivity contribution < 1.29 is 9.59 Å². The molecule has 17 heavy (non-hydrogen) atoms. The Morgan fingerprint density at radius 1 is 0.941 bits per heavy atom. The molecule has 3 nitrogen and oxygen atoms in total. The molecule has 0 bridgehead atoms. The van der Waals surface area contributed by atoms with Crippen molar-refractivity contribution in [2.75, 3.05) is 12.4 Å². The monoisotopic (exact) mass is 609 g/mol. The molecule has 0 saturated carbocycles. The lowest BCUT2D eigenvalue weighted by atomic mass is 10.1. The highest BCUT2D eigenvalue weighted by Crippen LogP contribution is 2.36. The molecule has 0 aliphatic rings. The van der Waals surface area contributed by atoms with E-state index in [0.717, 1.165) is 0 Å². The molecule has 0 radical (unpaired) electrons. The number of nitrogens with one attached hydrogen (secondary N) is 1. The quantitative estimate of drug-likeness (QED) is 0.411. The molecular formula is C9H4Cl2I3NO2. The SMILES string of the molecule is CNc1c(I)c(C(=O)Cl)c(I)c(C(=O)Cl)c1I. The van der Waals surface area contributed by atoms with Crippen LogP contribution in [0.2, 0.25) is 0 Å². The zero-order valence-corrected chi connectivity index (χ0v) is 16.2. The smallest absolute Gasteiger partial charge is 0.254 e. The molecule has 1 aromatic carbocycles. The predicted octanol–water partition coefficient (Wildman–Crippen LogP) is 4.30. The molecule has 1 N–H and O–H groups in total. The van der Waals surface area contributed by atoms with E-state index in [0.29, 0.717) is 27.5 Å². The minimum absolute atomic E-state index is 0.307. The van der Waals surface area contributed by atoms with Crippen LogP contribution in [0.5, 0.6) is 0 Å². The number of benzene rings is 1. The average molecular weight is 610 g/mol. The summed E-state index contributed by atoms with van der Waals surface area (Å²) in [5.41, 5.74) is 1.29. The summed E-state index contributed by atoms with van der Waals surface area (Å²) < 4.78 is 1.84. The third kappa shape index (κ3) is 3.18. The van der Waals surface area contributed by atoms with E-state index in [9.17, 15) is 9.59 Å². The van der Waals surface area contributed by atoms with Crippen LogP contribution < -0.4 is 5.32 Å². The molecular weight excluding hydrogens is 606 g/mol. The summed E-state index contributed by atoms with van der Waals surface area (Å²) in [5, 5.41) is 1.73. The number of carbonyl (C=O) groups excluding carboxylic acids is 2. The van der Waals surface area contributed by atoms with Crippen LogP contribution in [0.3, 0.4) is 0 Å². The van der Waals surface area contributed by atoms with E-state index >= 15 is 0 Å². The van der Waals surface area contributed by atoms with Crippen molar-refractivity contribution in [1.29, 1.82) is 0 Å². The van der Waals surface area contributed by atoms with Crippen LogP contribution >= 0.6 is 91.0 Å². The van der Waals surface area contributed by atoms with E-state index in [1.54, 1.807) is 7.05 Å². The maximum atomic E-state index is 11.4. The Hall–Kier alpha value is 1.13. The van der Waals surface area contributed by atoms with Crippen LogP contribution in [0, 0.1) is 10.7 Å². The second-order valence-electron chi connectivity index (χ2n) is 2.86. The average Bonchev–Trinajstić information content (AvgIpc) is 2.16. The third-order valence-electron chi connectivity index (χ3n) is 1.96. The maximum Gasteiger partial charge on any atom is 0.254 e. The fourth-order valence-corrected chi connectivity index (χ4v) is 6.93. The molecule has 0 amide bonds. The number of anilines is 1. The van der Waals surface area contributed by atoms with Gasteiger partial charge in [-0.1, -0.05) is 0 Å². The summed E-state index contributed by atoms with van der Waals surface area (Å²) in [6.45, 7) is 0. The Kier molecular flexibility index (Phi) is 6.21. The van der Waals surface area contributed by atoms with Crippen LogP contribution in [0.25, 0.3) is 0 Å². The predicted molar refractivity (Wildman–Crippen MR) is 94.5 cm³/mol. The van der Waals surface area contributed by atoms with Crippen molar-refractivity contribution in [3.05, 3.63) is 21.8 Å². The highest BCUT2D eigenvalue weighted by atomic mass is 127. The number of rotatable bonds is 3. The van der Waals surface area contributed by atoms with E-state index in [4.69, 9.17) is 23.2 Å². The van der Waals surface area contributed by atoms with E-state index in [1.165, 1.54) is 0 Å². The van der Waals surface area contributed by atoms with Gasteiger partial charge in [0.05, 0.1) is 24.0 Å². The van der Waals surface area contributed by atoms with Gasteiger partial charge in [0.15, 0.2) is 0 Å². The van der Waals surface area contributed by atoms with Crippen molar-refractivity contribution >= 4 is 107 Å². The van der Waals surface area contributed by atoms with E-state index in [-0.39, 0.29) is 0 Å². The second-order valence-corrected chi connectivity index (χ2v) is 6.79. The number of hydrogen-bond acceptors (Lipinski definition) is 3. The Balaban J connectivity index is 3.82. The number of carbonyl (C=O) groups is 2. The van der Waals surface area contributed by atoms with E-state index in [1.807, 2.05) is 67.8 Å². The lowest BCUT2D eigenvalue weighted by Crippen LogP contribution is -2.11. The Bertz CT molecular complexity index is 478. The summed E-state index contributed by atoms with van der Waals surface area (Å²) in [6.07, 6.45) is 0. The molecule has 8 heteroatoms. The largest absolute Gasteiger partial charge is 0.386 e. The lowest BCUT2D eigenvalue weighted by Gasteiger charge is -2.15. The molecule has 0 heterocycles. The van der Waals surface area contributed by atoms with Crippen LogP contribution in [0.15, 0.2) is 0 Å². The first kappa shape index (κ1) is 16.2. The van der Waals surface area contributed by atoms with Gasteiger partial charge in [-0.2, -0.15) is 0 Å². The molecule has 0 atom stereocenters. The van der Waals surface area contributed by atoms with Crippen molar-refractivity contribution in [1.82, 2.24) is 0 Å². The minimum atomic E-state index is -0.606. The first-order valence-electron chi connectivity index (χ1n) is 4.10. The topological polar surface area (TPSA) is 46.2 Å². The van der Waals surface area contributed by atoms with Gasteiger partial charge >= 0.3 is 0 Å². The van der Waals surface area contributed by atoms with Crippen molar-refractivity contribution in [2.45, 2.75) is 0 Å². The van der Waals surface area contributed by atoms with Crippen molar-refractivity contribution in [3.63, 3.8) is 0 Å². The van der Waals surface area contributed by atoms with Gasteiger partial charge in [-0.05, 0) is 91.0 Å². The Labute approximate surface area is 149 Å². The Morgan fingerprint density at radius 3 is 1.53 bits per heavy atom. The lowest BCUT2D eigenvalue weighted by molar-refractivity contribution is 0.107. The summed E-state index contributed by atoms with van der Waals surface area (Å²) in [6, 6.07) is 0.